The predicted octanol–water partition coefficient (Wildman–Crippen LogP) is 5.54. The molecule has 228 valence electrons. The number of rotatable bonds is 9. The van der Waals surface area contributed by atoms with Gasteiger partial charge in [0, 0.05) is 48.5 Å². The smallest absolute Gasteiger partial charge is 0.331 e. The van der Waals surface area contributed by atoms with Crippen LogP contribution in [-0.4, -0.2) is 64.6 Å². The number of ketones is 2. The molecular weight excluding hydrogens is 546 g/mol. The van der Waals surface area contributed by atoms with E-state index in [9.17, 15) is 19.2 Å². The Morgan fingerprint density at radius 3 is 2.16 bits per heavy atom. The van der Waals surface area contributed by atoms with Crippen LogP contribution in [-0.2, 0) is 20.9 Å². The monoisotopic (exact) mass is 587 g/mol. The van der Waals surface area contributed by atoms with Crippen LogP contribution in [0.5, 0.6) is 0 Å². The first-order valence-electron chi connectivity index (χ1n) is 15.4. The number of aromatic nitrogens is 1. The maximum Gasteiger partial charge on any atom is 0.331 e. The molecule has 0 spiro atoms. The quantitative estimate of drug-likeness (QED) is 0.106. The maximum atomic E-state index is 14.0. The minimum Gasteiger partial charge on any atom is -0.379 e. The molecule has 2 aromatic carbocycles. The summed E-state index contributed by atoms with van der Waals surface area (Å²) in [7, 11) is 0. The molecule has 1 saturated carbocycles. The third-order valence-electron chi connectivity index (χ3n) is 9.02. The summed E-state index contributed by atoms with van der Waals surface area (Å²) in [6.45, 7) is 10.2. The van der Waals surface area contributed by atoms with Crippen molar-refractivity contribution in [2.45, 2.75) is 78.3 Å². The highest BCUT2D eigenvalue weighted by Gasteiger charge is 2.36. The summed E-state index contributed by atoms with van der Waals surface area (Å²) in [5.74, 6) is -0.706. The van der Waals surface area contributed by atoms with Gasteiger partial charge in [-0.15, -0.1) is 0 Å². The fourth-order valence-electron chi connectivity index (χ4n) is 6.55. The topological polar surface area (TPSA) is 107 Å². The van der Waals surface area contributed by atoms with Crippen LogP contribution in [0.1, 0.15) is 86.9 Å². The van der Waals surface area contributed by atoms with Crippen molar-refractivity contribution >= 4 is 45.1 Å². The molecule has 9 nitrogen and oxygen atoms in total. The van der Waals surface area contributed by atoms with E-state index in [2.05, 4.69) is 10.1 Å². The minimum absolute atomic E-state index is 0.0585. The molecule has 1 saturated heterocycles. The molecule has 5 rings (SSSR count). The zero-order chi connectivity index (χ0) is 30.7. The highest BCUT2D eigenvalue weighted by Crippen LogP contribution is 2.29. The number of carbonyl (C=O) groups is 3. The van der Waals surface area contributed by atoms with Gasteiger partial charge >= 0.3 is 5.97 Å². The van der Waals surface area contributed by atoms with Crippen molar-refractivity contribution in [3.63, 3.8) is 0 Å². The highest BCUT2D eigenvalue weighted by molar-refractivity contribution is 6.46. The molecule has 1 aromatic heterocycles. The van der Waals surface area contributed by atoms with Crippen LogP contribution < -0.4 is 5.43 Å². The van der Waals surface area contributed by atoms with E-state index in [4.69, 9.17) is 9.57 Å². The lowest BCUT2D eigenvalue weighted by Crippen LogP contribution is -2.54. The molecular formula is C34H41N3O6. The number of benzene rings is 2. The van der Waals surface area contributed by atoms with Gasteiger partial charge in [0.1, 0.15) is 5.71 Å². The lowest BCUT2D eigenvalue weighted by Gasteiger charge is -2.39. The van der Waals surface area contributed by atoms with Gasteiger partial charge in [0.05, 0.1) is 29.8 Å². The summed E-state index contributed by atoms with van der Waals surface area (Å²) in [5, 5.41) is 4.78. The van der Waals surface area contributed by atoms with Crippen LogP contribution >= 0.6 is 0 Å². The van der Waals surface area contributed by atoms with E-state index in [1.54, 1.807) is 30.3 Å². The summed E-state index contributed by atoms with van der Waals surface area (Å²) < 4.78 is 7.50. The van der Waals surface area contributed by atoms with Gasteiger partial charge in [-0.3, -0.25) is 19.3 Å². The molecule has 0 bridgehead atoms. The number of Topliss-reactive ketones (excluding diaryl/α,β-unsaturated/α-hetero) is 2. The molecule has 2 aliphatic rings. The fourth-order valence-corrected chi connectivity index (χ4v) is 6.55. The highest BCUT2D eigenvalue weighted by atomic mass is 16.7. The summed E-state index contributed by atoms with van der Waals surface area (Å²) in [6, 6.07) is 10.4. The first-order chi connectivity index (χ1) is 20.6. The third kappa shape index (κ3) is 6.33. The Kier molecular flexibility index (Phi) is 9.22. The van der Waals surface area contributed by atoms with Crippen molar-refractivity contribution in [2.75, 3.05) is 26.3 Å². The van der Waals surface area contributed by atoms with Gasteiger partial charge in [-0.25, -0.2) is 4.79 Å². The molecule has 0 amide bonds. The number of ether oxygens (including phenoxy) is 1. The average Bonchev–Trinajstić information content (AvgIpc) is 3.03. The SMILES string of the molecule is CCn1c2ccc(C(=O)/C(CC3CCCCC3)=N/OC(C)=O)cc2c(=O)c2cc(C(=O)C(C)(C)N3CCOCC3)ccc21. The van der Waals surface area contributed by atoms with Gasteiger partial charge in [0.2, 0.25) is 5.78 Å². The Bertz CT molecular complexity index is 1640. The standard InChI is InChI=1S/C34H41N3O6/c1-5-37-29-13-11-24(31(39)28(35-43-22(2)38)19-23-9-7-6-8-10-23)20-26(29)32(40)27-21-25(12-14-30(27)37)33(41)34(3,4)36-15-17-42-18-16-36/h11-14,20-21,23H,5-10,15-19H2,1-4H3/b35-28+. The Hall–Kier alpha value is -3.69. The van der Waals surface area contributed by atoms with E-state index in [1.807, 2.05) is 31.4 Å². The second-order valence-electron chi connectivity index (χ2n) is 12.2. The van der Waals surface area contributed by atoms with Crippen molar-refractivity contribution in [1.82, 2.24) is 9.47 Å². The minimum atomic E-state index is -0.756. The Morgan fingerprint density at radius 2 is 1.56 bits per heavy atom. The van der Waals surface area contributed by atoms with Crippen LogP contribution in [0.2, 0.25) is 0 Å². The number of fused-ring (bicyclic) bond motifs is 2. The molecule has 0 atom stereocenters. The number of hydrogen-bond acceptors (Lipinski definition) is 8. The molecule has 2 heterocycles. The van der Waals surface area contributed by atoms with Crippen molar-refractivity contribution in [3.8, 4) is 0 Å². The molecule has 0 unspecified atom stereocenters. The lowest BCUT2D eigenvalue weighted by molar-refractivity contribution is -0.140. The van der Waals surface area contributed by atoms with Crippen LogP contribution in [0.15, 0.2) is 46.3 Å². The predicted molar refractivity (Wildman–Crippen MR) is 167 cm³/mol. The van der Waals surface area contributed by atoms with E-state index in [0.717, 1.165) is 31.2 Å². The number of morpholine rings is 1. The normalized spacial score (nSPS) is 17.3. The van der Waals surface area contributed by atoms with Crippen molar-refractivity contribution < 1.29 is 24.0 Å². The summed E-state index contributed by atoms with van der Waals surface area (Å²) in [4.78, 5) is 60.0. The van der Waals surface area contributed by atoms with E-state index in [0.29, 0.717) is 72.6 Å². The first kappa shape index (κ1) is 30.8. The molecule has 3 aromatic rings. The number of oxime groups is 1. The molecule has 43 heavy (non-hydrogen) atoms. The largest absolute Gasteiger partial charge is 0.379 e. The van der Waals surface area contributed by atoms with Gasteiger partial charge in [-0.1, -0.05) is 37.3 Å². The second-order valence-corrected chi connectivity index (χ2v) is 12.2. The van der Waals surface area contributed by atoms with Gasteiger partial charge in [-0.05, 0) is 69.5 Å². The maximum absolute atomic E-state index is 14.0. The fraction of sp³-hybridized carbons (Fsp3) is 0.500. The number of nitrogens with zero attached hydrogens (tertiary/aromatic N) is 3. The Labute approximate surface area is 251 Å². The second kappa shape index (κ2) is 12.9. The molecule has 2 fully saturated rings. The zero-order valence-corrected chi connectivity index (χ0v) is 25.6. The average molecular weight is 588 g/mol. The lowest BCUT2D eigenvalue weighted by atomic mass is 9.84. The van der Waals surface area contributed by atoms with Crippen LogP contribution in [0, 0.1) is 5.92 Å². The number of hydrogen-bond donors (Lipinski definition) is 0. The van der Waals surface area contributed by atoms with Crippen molar-refractivity contribution in [2.24, 2.45) is 11.1 Å². The molecule has 1 aliphatic heterocycles. The number of pyridine rings is 1. The van der Waals surface area contributed by atoms with Gasteiger partial charge < -0.3 is 14.1 Å². The molecule has 1 aliphatic carbocycles. The van der Waals surface area contributed by atoms with Crippen molar-refractivity contribution in [3.05, 3.63) is 57.7 Å². The summed E-state index contributed by atoms with van der Waals surface area (Å²) in [6.07, 6.45) is 5.81. The van der Waals surface area contributed by atoms with E-state index >= 15 is 0 Å². The summed E-state index contributed by atoms with van der Waals surface area (Å²) in [5.41, 5.74) is 1.41. The zero-order valence-electron chi connectivity index (χ0n) is 25.6. The van der Waals surface area contributed by atoms with E-state index in [1.165, 1.54) is 13.3 Å². The third-order valence-corrected chi connectivity index (χ3v) is 9.02. The van der Waals surface area contributed by atoms with Gasteiger partial charge in [-0.2, -0.15) is 0 Å². The molecule has 9 heteroatoms. The van der Waals surface area contributed by atoms with Crippen LogP contribution in [0.4, 0.5) is 0 Å². The van der Waals surface area contributed by atoms with E-state index in [-0.39, 0.29) is 22.7 Å². The Morgan fingerprint density at radius 1 is 0.953 bits per heavy atom. The van der Waals surface area contributed by atoms with Gasteiger partial charge in [0.15, 0.2) is 11.2 Å². The van der Waals surface area contributed by atoms with Gasteiger partial charge in [0.25, 0.3) is 0 Å². The molecule has 0 N–H and O–H groups in total. The number of carbonyl (C=O) groups excluding carboxylic acids is 3. The first-order valence-corrected chi connectivity index (χ1v) is 15.4. The van der Waals surface area contributed by atoms with E-state index < -0.39 is 11.5 Å². The number of aryl methyl sites for hydroxylation is 1. The van der Waals surface area contributed by atoms with Crippen molar-refractivity contribution in [1.29, 1.82) is 0 Å². The molecule has 0 radical (unpaired) electrons. The Balaban J connectivity index is 1.56. The summed E-state index contributed by atoms with van der Waals surface area (Å²) >= 11 is 0. The van der Waals surface area contributed by atoms with Crippen LogP contribution in [0.3, 0.4) is 0 Å². The van der Waals surface area contributed by atoms with Crippen LogP contribution in [0.25, 0.3) is 21.8 Å².